The predicted octanol–water partition coefficient (Wildman–Crippen LogP) is 2.86. The zero-order chi connectivity index (χ0) is 12.8. The van der Waals surface area contributed by atoms with E-state index in [2.05, 4.69) is 14.9 Å². The summed E-state index contributed by atoms with van der Waals surface area (Å²) < 4.78 is 5.45. The number of rotatable bonds is 5. The number of ether oxygens (including phenoxy) is 1. The van der Waals surface area contributed by atoms with Crippen molar-refractivity contribution in [2.24, 2.45) is 0 Å². The van der Waals surface area contributed by atoms with Crippen LogP contribution in [0.1, 0.15) is 6.42 Å². The lowest BCUT2D eigenvalue weighted by molar-refractivity contribution is -0.140. The number of hydrogen-bond donors (Lipinski definition) is 0. The zero-order valence-corrected chi connectivity index (χ0v) is 11.5. The number of hydrogen-bond acceptors (Lipinski definition) is 6. The SMILES string of the molecule is COC(=O)CCSc1nnc(-c2ccccc2)s1. The van der Waals surface area contributed by atoms with Gasteiger partial charge in [0.05, 0.1) is 13.5 Å². The Morgan fingerprint density at radius 1 is 1.33 bits per heavy atom. The van der Waals surface area contributed by atoms with Gasteiger partial charge in [0.25, 0.3) is 0 Å². The number of carbonyl (C=O) groups excluding carboxylic acids is 1. The molecule has 1 aromatic carbocycles. The van der Waals surface area contributed by atoms with Crippen LogP contribution >= 0.6 is 23.1 Å². The van der Waals surface area contributed by atoms with E-state index in [9.17, 15) is 4.79 Å². The highest BCUT2D eigenvalue weighted by atomic mass is 32.2. The van der Waals surface area contributed by atoms with Gasteiger partial charge < -0.3 is 4.74 Å². The fourth-order valence-electron chi connectivity index (χ4n) is 1.29. The summed E-state index contributed by atoms with van der Waals surface area (Å²) in [6.45, 7) is 0. The van der Waals surface area contributed by atoms with Crippen LogP contribution in [0, 0.1) is 0 Å². The van der Waals surface area contributed by atoms with Crippen molar-refractivity contribution in [3.05, 3.63) is 30.3 Å². The first-order valence-electron chi connectivity index (χ1n) is 5.38. The van der Waals surface area contributed by atoms with E-state index in [4.69, 9.17) is 0 Å². The molecule has 0 fully saturated rings. The smallest absolute Gasteiger partial charge is 0.306 e. The van der Waals surface area contributed by atoms with Crippen LogP contribution in [0.4, 0.5) is 0 Å². The molecule has 0 aliphatic carbocycles. The van der Waals surface area contributed by atoms with Crippen molar-refractivity contribution in [1.82, 2.24) is 10.2 Å². The van der Waals surface area contributed by atoms with Gasteiger partial charge in [0.15, 0.2) is 4.34 Å². The van der Waals surface area contributed by atoms with Gasteiger partial charge in [0.1, 0.15) is 5.01 Å². The van der Waals surface area contributed by atoms with Crippen LogP contribution in [-0.4, -0.2) is 29.0 Å². The maximum atomic E-state index is 11.0. The molecule has 6 heteroatoms. The fourth-order valence-corrected chi connectivity index (χ4v) is 3.14. The molecule has 0 saturated heterocycles. The lowest BCUT2D eigenvalue weighted by Gasteiger charge is -1.96. The molecular formula is C12H12N2O2S2. The van der Waals surface area contributed by atoms with E-state index in [0.717, 1.165) is 14.9 Å². The summed E-state index contributed by atoms with van der Waals surface area (Å²) in [6, 6.07) is 9.92. The topological polar surface area (TPSA) is 52.1 Å². The summed E-state index contributed by atoms with van der Waals surface area (Å²) in [4.78, 5) is 11.0. The van der Waals surface area contributed by atoms with Crippen LogP contribution in [0.25, 0.3) is 10.6 Å². The van der Waals surface area contributed by atoms with Gasteiger partial charge in [-0.25, -0.2) is 0 Å². The summed E-state index contributed by atoms with van der Waals surface area (Å²) in [5.41, 5.74) is 1.06. The average Bonchev–Trinajstić information content (AvgIpc) is 2.88. The fraction of sp³-hybridized carbons (Fsp3) is 0.250. The predicted molar refractivity (Wildman–Crippen MR) is 72.7 cm³/mol. The van der Waals surface area contributed by atoms with Gasteiger partial charge in [-0.05, 0) is 0 Å². The molecule has 0 bridgehead atoms. The Kier molecular flexibility index (Phi) is 4.72. The first kappa shape index (κ1) is 13.0. The van der Waals surface area contributed by atoms with Crippen molar-refractivity contribution in [2.45, 2.75) is 10.8 Å². The van der Waals surface area contributed by atoms with Gasteiger partial charge in [0.2, 0.25) is 0 Å². The molecule has 0 aliphatic heterocycles. The number of nitrogens with zero attached hydrogens (tertiary/aromatic N) is 2. The van der Waals surface area contributed by atoms with E-state index in [0.29, 0.717) is 12.2 Å². The van der Waals surface area contributed by atoms with Crippen molar-refractivity contribution < 1.29 is 9.53 Å². The van der Waals surface area contributed by atoms with Gasteiger partial charge in [-0.15, -0.1) is 10.2 Å². The van der Waals surface area contributed by atoms with E-state index in [1.54, 1.807) is 0 Å². The second-order valence-electron chi connectivity index (χ2n) is 3.41. The molecule has 0 aliphatic rings. The van der Waals surface area contributed by atoms with Crippen LogP contribution in [0.2, 0.25) is 0 Å². The quantitative estimate of drug-likeness (QED) is 0.622. The lowest BCUT2D eigenvalue weighted by Crippen LogP contribution is -2.00. The largest absolute Gasteiger partial charge is 0.469 e. The molecule has 0 saturated carbocycles. The number of thioether (sulfide) groups is 1. The summed E-state index contributed by atoms with van der Waals surface area (Å²) in [5.74, 6) is 0.464. The van der Waals surface area contributed by atoms with Crippen molar-refractivity contribution in [3.63, 3.8) is 0 Å². The molecule has 0 N–H and O–H groups in total. The van der Waals surface area contributed by atoms with Crippen LogP contribution in [0.3, 0.4) is 0 Å². The first-order valence-corrected chi connectivity index (χ1v) is 7.18. The van der Waals surface area contributed by atoms with Crippen molar-refractivity contribution in [1.29, 1.82) is 0 Å². The van der Waals surface area contributed by atoms with Gasteiger partial charge in [-0.2, -0.15) is 0 Å². The molecular weight excluding hydrogens is 268 g/mol. The molecule has 4 nitrogen and oxygen atoms in total. The summed E-state index contributed by atoms with van der Waals surface area (Å²) in [7, 11) is 1.39. The van der Waals surface area contributed by atoms with Gasteiger partial charge >= 0.3 is 5.97 Å². The standard InChI is InChI=1S/C12H12N2O2S2/c1-16-10(15)7-8-17-12-14-13-11(18-12)9-5-3-2-4-6-9/h2-6H,7-8H2,1H3. The van der Waals surface area contributed by atoms with Gasteiger partial charge in [-0.3, -0.25) is 4.79 Å². The van der Waals surface area contributed by atoms with E-state index in [1.165, 1.54) is 30.2 Å². The Morgan fingerprint density at radius 3 is 2.83 bits per heavy atom. The second kappa shape index (κ2) is 6.51. The Bertz CT molecular complexity index is 514. The van der Waals surface area contributed by atoms with Crippen molar-refractivity contribution in [2.75, 3.05) is 12.9 Å². The molecule has 1 heterocycles. The van der Waals surface area contributed by atoms with Crippen LogP contribution < -0.4 is 0 Å². The third kappa shape index (κ3) is 3.54. The molecule has 0 atom stereocenters. The Balaban J connectivity index is 1.93. The third-order valence-corrected chi connectivity index (χ3v) is 4.29. The van der Waals surface area contributed by atoms with Crippen LogP contribution in [0.15, 0.2) is 34.7 Å². The van der Waals surface area contributed by atoms with E-state index >= 15 is 0 Å². The molecule has 18 heavy (non-hydrogen) atoms. The second-order valence-corrected chi connectivity index (χ2v) is 5.73. The minimum Gasteiger partial charge on any atom is -0.469 e. The van der Waals surface area contributed by atoms with E-state index in [-0.39, 0.29) is 5.97 Å². The average molecular weight is 280 g/mol. The van der Waals surface area contributed by atoms with Crippen LogP contribution in [0.5, 0.6) is 0 Å². The maximum absolute atomic E-state index is 11.0. The minimum atomic E-state index is -0.199. The molecule has 2 rings (SSSR count). The number of esters is 1. The summed E-state index contributed by atoms with van der Waals surface area (Å²) >= 11 is 3.06. The van der Waals surface area contributed by atoms with Gasteiger partial charge in [-0.1, -0.05) is 53.4 Å². The van der Waals surface area contributed by atoms with Crippen LogP contribution in [-0.2, 0) is 9.53 Å². The number of benzene rings is 1. The highest BCUT2D eigenvalue weighted by Gasteiger charge is 2.07. The normalized spacial score (nSPS) is 10.3. The lowest BCUT2D eigenvalue weighted by atomic mass is 10.2. The van der Waals surface area contributed by atoms with E-state index < -0.39 is 0 Å². The molecule has 0 spiro atoms. The Morgan fingerprint density at radius 2 is 2.11 bits per heavy atom. The molecule has 94 valence electrons. The molecule has 0 radical (unpaired) electrons. The Labute approximate surface area is 113 Å². The maximum Gasteiger partial charge on any atom is 0.306 e. The summed E-state index contributed by atoms with van der Waals surface area (Å²) in [6.07, 6.45) is 0.390. The monoisotopic (exact) mass is 280 g/mol. The van der Waals surface area contributed by atoms with Crippen molar-refractivity contribution >= 4 is 29.1 Å². The Hall–Kier alpha value is -1.40. The molecule has 0 amide bonds. The zero-order valence-electron chi connectivity index (χ0n) is 9.83. The number of methoxy groups -OCH3 is 1. The molecule has 0 unspecified atom stereocenters. The highest BCUT2D eigenvalue weighted by Crippen LogP contribution is 2.29. The number of aromatic nitrogens is 2. The summed E-state index contributed by atoms with van der Waals surface area (Å²) in [5, 5.41) is 9.13. The number of carbonyl (C=O) groups is 1. The third-order valence-electron chi connectivity index (χ3n) is 2.19. The highest BCUT2D eigenvalue weighted by molar-refractivity contribution is 8.01. The molecule has 1 aromatic heterocycles. The van der Waals surface area contributed by atoms with E-state index in [1.807, 2.05) is 30.3 Å². The molecule has 2 aromatic rings. The van der Waals surface area contributed by atoms with Gasteiger partial charge in [0, 0.05) is 11.3 Å². The minimum absolute atomic E-state index is 0.199. The van der Waals surface area contributed by atoms with Crippen molar-refractivity contribution in [3.8, 4) is 10.6 Å². The first-order chi connectivity index (χ1) is 8.79.